The van der Waals surface area contributed by atoms with Crippen LogP contribution in [0.2, 0.25) is 5.02 Å². The standard InChI is InChI=1S/C21H26ClN3O3/c1-11(2)21(28)25(6)18-9-15(22)8-16(14(18)5)19(26)23-10-17-12(3)7-13(4)24-20(17)27/h7-9,11H,10H2,1-6H3,(H,23,26)(H,24,27). The average molecular weight is 404 g/mol. The van der Waals surface area contributed by atoms with Crippen LogP contribution in [0.15, 0.2) is 23.0 Å². The molecule has 0 bridgehead atoms. The molecule has 0 radical (unpaired) electrons. The van der Waals surface area contributed by atoms with E-state index in [4.69, 9.17) is 11.6 Å². The number of aromatic amines is 1. The van der Waals surface area contributed by atoms with E-state index in [1.807, 2.05) is 33.8 Å². The lowest BCUT2D eigenvalue weighted by atomic mass is 10.0. The van der Waals surface area contributed by atoms with E-state index in [1.54, 1.807) is 26.1 Å². The van der Waals surface area contributed by atoms with Crippen molar-refractivity contribution in [3.05, 3.63) is 61.5 Å². The first-order valence-electron chi connectivity index (χ1n) is 9.08. The number of halogens is 1. The van der Waals surface area contributed by atoms with Crippen LogP contribution in [0, 0.1) is 26.7 Å². The van der Waals surface area contributed by atoms with Crippen molar-refractivity contribution in [3.63, 3.8) is 0 Å². The van der Waals surface area contributed by atoms with Crippen molar-refractivity contribution in [2.24, 2.45) is 5.92 Å². The Morgan fingerprint density at radius 3 is 2.39 bits per heavy atom. The normalized spacial score (nSPS) is 10.9. The molecule has 2 rings (SSSR count). The van der Waals surface area contributed by atoms with Crippen LogP contribution in [-0.2, 0) is 11.3 Å². The van der Waals surface area contributed by atoms with Crippen LogP contribution < -0.4 is 15.8 Å². The van der Waals surface area contributed by atoms with Gasteiger partial charge in [-0.05, 0) is 50.1 Å². The minimum absolute atomic E-state index is 0.0708. The third kappa shape index (κ3) is 4.62. The third-order valence-corrected chi connectivity index (χ3v) is 4.91. The van der Waals surface area contributed by atoms with Gasteiger partial charge in [0, 0.05) is 47.0 Å². The number of carbonyl (C=O) groups excluding carboxylic acids is 2. The summed E-state index contributed by atoms with van der Waals surface area (Å²) in [5, 5.41) is 3.14. The molecule has 0 aliphatic heterocycles. The summed E-state index contributed by atoms with van der Waals surface area (Å²) >= 11 is 6.21. The Hall–Kier alpha value is -2.60. The van der Waals surface area contributed by atoms with Gasteiger partial charge in [0.05, 0.1) is 0 Å². The van der Waals surface area contributed by atoms with Crippen LogP contribution in [0.25, 0.3) is 0 Å². The molecule has 150 valence electrons. The molecule has 0 atom stereocenters. The highest BCUT2D eigenvalue weighted by molar-refractivity contribution is 6.31. The molecule has 28 heavy (non-hydrogen) atoms. The van der Waals surface area contributed by atoms with E-state index in [9.17, 15) is 14.4 Å². The lowest BCUT2D eigenvalue weighted by molar-refractivity contribution is -0.121. The summed E-state index contributed by atoms with van der Waals surface area (Å²) in [6, 6.07) is 5.09. The molecule has 2 aromatic rings. The first kappa shape index (κ1) is 21.7. The second kappa shape index (κ2) is 8.61. The maximum absolute atomic E-state index is 12.8. The summed E-state index contributed by atoms with van der Waals surface area (Å²) in [5.74, 6) is -0.610. The summed E-state index contributed by atoms with van der Waals surface area (Å²) < 4.78 is 0. The van der Waals surface area contributed by atoms with Crippen molar-refractivity contribution in [2.45, 2.75) is 41.2 Å². The van der Waals surface area contributed by atoms with Crippen LogP contribution in [0.1, 0.15) is 46.6 Å². The van der Waals surface area contributed by atoms with Crippen LogP contribution in [-0.4, -0.2) is 23.8 Å². The molecule has 0 spiro atoms. The van der Waals surface area contributed by atoms with Crippen molar-refractivity contribution < 1.29 is 9.59 Å². The van der Waals surface area contributed by atoms with Gasteiger partial charge in [-0.15, -0.1) is 0 Å². The van der Waals surface area contributed by atoms with Crippen molar-refractivity contribution >= 4 is 29.1 Å². The number of aromatic nitrogens is 1. The molecule has 0 aliphatic rings. The predicted octanol–water partition coefficient (Wildman–Crippen LogP) is 3.50. The van der Waals surface area contributed by atoms with Gasteiger partial charge in [0.2, 0.25) is 5.91 Å². The van der Waals surface area contributed by atoms with Crippen LogP contribution >= 0.6 is 11.6 Å². The van der Waals surface area contributed by atoms with Gasteiger partial charge < -0.3 is 15.2 Å². The molecule has 1 heterocycles. The molecular formula is C21H26ClN3O3. The lowest BCUT2D eigenvalue weighted by Crippen LogP contribution is -2.32. The largest absolute Gasteiger partial charge is 0.348 e. The Labute approximate surface area is 169 Å². The number of rotatable bonds is 5. The Kier molecular flexibility index (Phi) is 6.67. The molecule has 2 amide bonds. The predicted molar refractivity (Wildman–Crippen MR) is 112 cm³/mol. The SMILES string of the molecule is Cc1cc(C)c(CNC(=O)c2cc(Cl)cc(N(C)C(=O)C(C)C)c2C)c(=O)[nH]1. The van der Waals surface area contributed by atoms with E-state index < -0.39 is 0 Å². The molecule has 1 aromatic heterocycles. The second-order valence-electron chi connectivity index (χ2n) is 7.28. The van der Waals surface area contributed by atoms with Gasteiger partial charge in [0.25, 0.3) is 11.5 Å². The molecule has 7 heteroatoms. The fourth-order valence-corrected chi connectivity index (χ4v) is 3.33. The van der Waals surface area contributed by atoms with Gasteiger partial charge in [0.15, 0.2) is 0 Å². The summed E-state index contributed by atoms with van der Waals surface area (Å²) in [7, 11) is 1.66. The zero-order valence-electron chi connectivity index (χ0n) is 17.1. The average Bonchev–Trinajstić information content (AvgIpc) is 2.60. The van der Waals surface area contributed by atoms with E-state index in [2.05, 4.69) is 10.3 Å². The van der Waals surface area contributed by atoms with Crippen molar-refractivity contribution in [1.82, 2.24) is 10.3 Å². The number of amides is 2. The summed E-state index contributed by atoms with van der Waals surface area (Å²) in [6.45, 7) is 9.14. The fourth-order valence-electron chi connectivity index (χ4n) is 3.12. The van der Waals surface area contributed by atoms with Crippen LogP contribution in [0.5, 0.6) is 0 Å². The fraction of sp³-hybridized carbons (Fsp3) is 0.381. The molecule has 0 aliphatic carbocycles. The number of aryl methyl sites for hydroxylation is 2. The van der Waals surface area contributed by atoms with E-state index in [0.717, 1.165) is 11.3 Å². The number of anilines is 1. The zero-order chi connectivity index (χ0) is 21.2. The van der Waals surface area contributed by atoms with Gasteiger partial charge in [-0.3, -0.25) is 14.4 Å². The van der Waals surface area contributed by atoms with E-state index >= 15 is 0 Å². The number of H-pyrrole nitrogens is 1. The Morgan fingerprint density at radius 2 is 1.82 bits per heavy atom. The van der Waals surface area contributed by atoms with Gasteiger partial charge in [0.1, 0.15) is 0 Å². The summed E-state index contributed by atoms with van der Waals surface area (Å²) in [5.41, 5.74) is 3.47. The number of pyridine rings is 1. The van der Waals surface area contributed by atoms with E-state index in [-0.39, 0.29) is 29.8 Å². The van der Waals surface area contributed by atoms with Crippen molar-refractivity contribution in [2.75, 3.05) is 11.9 Å². The van der Waals surface area contributed by atoms with Crippen LogP contribution in [0.4, 0.5) is 5.69 Å². The molecule has 0 saturated carbocycles. The number of nitrogens with zero attached hydrogens (tertiary/aromatic N) is 1. The topological polar surface area (TPSA) is 82.3 Å². The number of hydrogen-bond acceptors (Lipinski definition) is 3. The monoisotopic (exact) mass is 403 g/mol. The highest BCUT2D eigenvalue weighted by Gasteiger charge is 2.21. The highest BCUT2D eigenvalue weighted by atomic mass is 35.5. The minimum Gasteiger partial charge on any atom is -0.348 e. The summed E-state index contributed by atoms with van der Waals surface area (Å²) in [4.78, 5) is 41.5. The third-order valence-electron chi connectivity index (χ3n) is 4.70. The maximum Gasteiger partial charge on any atom is 0.253 e. The Bertz CT molecular complexity index is 980. The molecule has 2 N–H and O–H groups in total. The maximum atomic E-state index is 12.8. The van der Waals surface area contributed by atoms with Gasteiger partial charge in [-0.2, -0.15) is 0 Å². The van der Waals surface area contributed by atoms with E-state index in [0.29, 0.717) is 27.4 Å². The number of nitrogens with one attached hydrogen (secondary N) is 2. The van der Waals surface area contributed by atoms with Crippen LogP contribution in [0.3, 0.4) is 0 Å². The molecule has 1 aromatic carbocycles. The van der Waals surface area contributed by atoms with E-state index in [1.165, 1.54) is 4.90 Å². The second-order valence-corrected chi connectivity index (χ2v) is 7.71. The number of hydrogen-bond donors (Lipinski definition) is 2. The quantitative estimate of drug-likeness (QED) is 0.801. The van der Waals surface area contributed by atoms with Gasteiger partial charge in [-0.1, -0.05) is 25.4 Å². The lowest BCUT2D eigenvalue weighted by Gasteiger charge is -2.23. The van der Waals surface area contributed by atoms with Crippen molar-refractivity contribution in [3.8, 4) is 0 Å². The Morgan fingerprint density at radius 1 is 1.18 bits per heavy atom. The van der Waals surface area contributed by atoms with Gasteiger partial charge in [-0.25, -0.2) is 0 Å². The summed E-state index contributed by atoms with van der Waals surface area (Å²) in [6.07, 6.45) is 0. The molecule has 0 fully saturated rings. The number of benzene rings is 1. The Balaban J connectivity index is 2.31. The highest BCUT2D eigenvalue weighted by Crippen LogP contribution is 2.28. The first-order chi connectivity index (χ1) is 13.0. The zero-order valence-corrected chi connectivity index (χ0v) is 17.8. The molecular weight excluding hydrogens is 378 g/mol. The molecule has 6 nitrogen and oxygen atoms in total. The smallest absolute Gasteiger partial charge is 0.253 e. The van der Waals surface area contributed by atoms with Crippen molar-refractivity contribution in [1.29, 1.82) is 0 Å². The molecule has 0 saturated heterocycles. The number of carbonyl (C=O) groups is 2. The van der Waals surface area contributed by atoms with Gasteiger partial charge >= 0.3 is 0 Å². The molecule has 0 unspecified atom stereocenters. The first-order valence-corrected chi connectivity index (χ1v) is 9.46. The minimum atomic E-state index is -0.356.